The van der Waals surface area contributed by atoms with Crippen LogP contribution in [0.5, 0.6) is 0 Å². The Hall–Kier alpha value is -1.40. The lowest BCUT2D eigenvalue weighted by Gasteiger charge is -2.65. The van der Waals surface area contributed by atoms with Crippen molar-refractivity contribution >= 4 is 12.3 Å². The number of esters is 1. The van der Waals surface area contributed by atoms with Gasteiger partial charge in [0.1, 0.15) is 31.2 Å². The topological polar surface area (TPSA) is 163 Å². The Balaban J connectivity index is 1.22. The molecule has 2 heterocycles. The smallest absolute Gasteiger partial charge is 0.331 e. The van der Waals surface area contributed by atoms with Crippen LogP contribution in [-0.2, 0) is 23.8 Å². The molecule has 6 aliphatic rings. The molecule has 10 heteroatoms. The number of hydrogen-bond acceptors (Lipinski definition) is 10. The highest BCUT2D eigenvalue weighted by Gasteiger charge is 2.71. The highest BCUT2D eigenvalue weighted by molar-refractivity contribution is 5.85. The highest BCUT2D eigenvalue weighted by atomic mass is 16.7. The van der Waals surface area contributed by atoms with Gasteiger partial charge in [-0.25, -0.2) is 4.79 Å². The lowest BCUT2D eigenvalue weighted by Crippen LogP contribution is -2.69. The van der Waals surface area contributed by atoms with Crippen molar-refractivity contribution in [3.8, 4) is 0 Å². The third kappa shape index (κ3) is 3.78. The van der Waals surface area contributed by atoms with E-state index >= 15 is 0 Å². The van der Waals surface area contributed by atoms with Gasteiger partial charge in [-0.3, -0.25) is 0 Å². The molecule has 2 aliphatic heterocycles. The minimum absolute atomic E-state index is 0.0465. The van der Waals surface area contributed by atoms with Gasteiger partial charge in [-0.1, -0.05) is 6.92 Å². The van der Waals surface area contributed by atoms with E-state index in [2.05, 4.69) is 6.92 Å². The molecule has 0 aromatic carbocycles. The average molecular weight is 551 g/mol. The normalized spacial score (nSPS) is 55.2. The lowest BCUT2D eigenvalue weighted by molar-refractivity contribution is -0.317. The fourth-order valence-electron chi connectivity index (χ4n) is 9.75. The van der Waals surface area contributed by atoms with Crippen molar-refractivity contribution in [3.05, 3.63) is 11.6 Å². The fraction of sp³-hybridized carbons (Fsp3) is 0.862. The van der Waals surface area contributed by atoms with E-state index in [9.17, 15) is 35.1 Å². The number of fused-ring (bicyclic) bond motifs is 5. The van der Waals surface area contributed by atoms with Crippen LogP contribution in [0.15, 0.2) is 11.6 Å². The first-order chi connectivity index (χ1) is 18.4. The van der Waals surface area contributed by atoms with Crippen LogP contribution in [0.1, 0.15) is 71.6 Å². The summed E-state index contributed by atoms with van der Waals surface area (Å²) in [5, 5.41) is 55.0. The summed E-state index contributed by atoms with van der Waals surface area (Å²) in [6.45, 7) is 3.98. The van der Waals surface area contributed by atoms with Crippen molar-refractivity contribution in [2.45, 2.75) is 120 Å². The van der Waals surface area contributed by atoms with Crippen LogP contribution in [0.3, 0.4) is 0 Å². The van der Waals surface area contributed by atoms with Crippen molar-refractivity contribution in [1.29, 1.82) is 0 Å². The quantitative estimate of drug-likeness (QED) is 0.192. The molecule has 4 aliphatic carbocycles. The third-order valence-corrected chi connectivity index (χ3v) is 12.0. The van der Waals surface area contributed by atoms with E-state index in [4.69, 9.17) is 14.2 Å². The first kappa shape index (κ1) is 27.8. The molecule has 5 fully saturated rings. The van der Waals surface area contributed by atoms with Gasteiger partial charge in [0.05, 0.1) is 28.8 Å². The van der Waals surface area contributed by atoms with Crippen molar-refractivity contribution < 1.29 is 49.3 Å². The Morgan fingerprint density at radius 2 is 1.72 bits per heavy atom. The summed E-state index contributed by atoms with van der Waals surface area (Å²) < 4.78 is 16.9. The van der Waals surface area contributed by atoms with Gasteiger partial charge in [-0.05, 0) is 81.6 Å². The van der Waals surface area contributed by atoms with E-state index in [1.165, 1.54) is 0 Å². The molecule has 218 valence electrons. The summed E-state index contributed by atoms with van der Waals surface area (Å²) in [6.07, 6.45) is 0.689. The largest absolute Gasteiger partial charge is 0.458 e. The summed E-state index contributed by atoms with van der Waals surface area (Å²) in [5.74, 6) is -0.616. The Labute approximate surface area is 228 Å². The Bertz CT molecular complexity index is 1050. The molecule has 13 atom stereocenters. The molecule has 0 radical (unpaired) electrons. The molecule has 0 unspecified atom stereocenters. The van der Waals surface area contributed by atoms with Crippen LogP contribution >= 0.6 is 0 Å². The summed E-state index contributed by atoms with van der Waals surface area (Å²) in [7, 11) is 0. The molecular formula is C29H42O10. The molecule has 6 rings (SSSR count). The maximum Gasteiger partial charge on any atom is 0.331 e. The molecule has 39 heavy (non-hydrogen) atoms. The summed E-state index contributed by atoms with van der Waals surface area (Å²) >= 11 is 0. The average Bonchev–Trinajstić information content (AvgIpc) is 3.45. The summed E-state index contributed by atoms with van der Waals surface area (Å²) in [6, 6.07) is 0. The molecular weight excluding hydrogens is 508 g/mol. The standard InChI is InChI=1S/C29H42O10/c1-15-22(32)23(33)24(34)25(38-15)39-17-3-8-27(14-30)19-4-7-26(2)18(16-11-21(31)37-13-16)6-10-29(26,36)20(19)5-9-28(27,35)12-17/h11,14-15,17-20,22-25,32-36H,3-10,12-13H2,1-2H3/t15-,17+,18-,19+,20-,22-,23-,24+,25+,26-,27+,28+,29+/m1/s1. The summed E-state index contributed by atoms with van der Waals surface area (Å²) in [5.41, 5.74) is -2.86. The van der Waals surface area contributed by atoms with Crippen LogP contribution in [-0.4, -0.2) is 92.4 Å². The zero-order valence-corrected chi connectivity index (χ0v) is 22.7. The maximum atomic E-state index is 13.0. The van der Waals surface area contributed by atoms with Gasteiger partial charge in [-0.15, -0.1) is 0 Å². The SMILES string of the molecule is C[C@H]1O[C@@H](O[C@H]2CC[C@]3(C=O)[C@H]4CC[C@]5(C)[C@@H](C6=CC(=O)OC6)CC[C@]5(O)[C@@H]4CC[C@]3(O)C2)[C@@H](O)[C@H](O)[C@@H]1O. The number of hydrogen-bond donors (Lipinski definition) is 5. The maximum absolute atomic E-state index is 13.0. The molecule has 4 saturated carbocycles. The molecule has 0 aromatic heterocycles. The Morgan fingerprint density at radius 1 is 0.974 bits per heavy atom. The molecule has 1 saturated heterocycles. The van der Waals surface area contributed by atoms with Crippen LogP contribution in [0, 0.1) is 28.6 Å². The van der Waals surface area contributed by atoms with E-state index < -0.39 is 58.8 Å². The molecule has 0 aromatic rings. The third-order valence-electron chi connectivity index (χ3n) is 12.0. The van der Waals surface area contributed by atoms with Gasteiger partial charge in [0.15, 0.2) is 6.29 Å². The van der Waals surface area contributed by atoms with E-state index in [1.54, 1.807) is 13.0 Å². The number of carbonyl (C=O) groups is 2. The van der Waals surface area contributed by atoms with Crippen molar-refractivity contribution in [3.63, 3.8) is 0 Å². The number of carbonyl (C=O) groups excluding carboxylic acids is 2. The van der Waals surface area contributed by atoms with Crippen LogP contribution in [0.4, 0.5) is 0 Å². The molecule has 10 nitrogen and oxygen atoms in total. The predicted octanol–water partition coefficient (Wildman–Crippen LogP) is 0.750. The zero-order chi connectivity index (χ0) is 28.0. The second-order valence-electron chi connectivity index (χ2n) is 13.4. The summed E-state index contributed by atoms with van der Waals surface area (Å²) in [4.78, 5) is 24.8. The lowest BCUT2D eigenvalue weighted by atomic mass is 9.41. The van der Waals surface area contributed by atoms with E-state index in [0.717, 1.165) is 18.3 Å². The predicted molar refractivity (Wildman–Crippen MR) is 135 cm³/mol. The first-order valence-corrected chi connectivity index (χ1v) is 14.5. The number of aldehydes is 1. The minimum Gasteiger partial charge on any atom is -0.458 e. The van der Waals surface area contributed by atoms with E-state index in [-0.39, 0.29) is 36.8 Å². The van der Waals surface area contributed by atoms with E-state index in [1.807, 2.05) is 0 Å². The zero-order valence-electron chi connectivity index (χ0n) is 22.7. The van der Waals surface area contributed by atoms with Crippen molar-refractivity contribution in [2.75, 3.05) is 6.61 Å². The molecule has 0 spiro atoms. The molecule has 0 amide bonds. The van der Waals surface area contributed by atoms with Gasteiger partial charge in [-0.2, -0.15) is 0 Å². The number of aliphatic hydroxyl groups excluding tert-OH is 3. The molecule has 0 bridgehead atoms. The second-order valence-corrected chi connectivity index (χ2v) is 13.4. The van der Waals surface area contributed by atoms with Crippen molar-refractivity contribution in [2.24, 2.45) is 28.6 Å². The number of ether oxygens (including phenoxy) is 3. The van der Waals surface area contributed by atoms with Gasteiger partial charge in [0.25, 0.3) is 0 Å². The van der Waals surface area contributed by atoms with Crippen molar-refractivity contribution in [1.82, 2.24) is 0 Å². The highest BCUT2D eigenvalue weighted by Crippen LogP contribution is 2.70. The Morgan fingerprint density at radius 3 is 2.41 bits per heavy atom. The van der Waals surface area contributed by atoms with Gasteiger partial charge in [0, 0.05) is 17.9 Å². The number of aliphatic hydroxyl groups is 5. The Kier molecular flexibility index (Phi) is 6.62. The monoisotopic (exact) mass is 550 g/mol. The van der Waals surface area contributed by atoms with Crippen LogP contribution in [0.25, 0.3) is 0 Å². The van der Waals surface area contributed by atoms with Gasteiger partial charge in [0.2, 0.25) is 0 Å². The number of rotatable bonds is 4. The number of cyclic esters (lactones) is 1. The minimum atomic E-state index is -1.43. The van der Waals surface area contributed by atoms with Crippen LogP contribution < -0.4 is 0 Å². The van der Waals surface area contributed by atoms with Crippen LogP contribution in [0.2, 0.25) is 0 Å². The second kappa shape index (κ2) is 9.31. The first-order valence-electron chi connectivity index (χ1n) is 14.5. The fourth-order valence-corrected chi connectivity index (χ4v) is 9.75. The van der Waals surface area contributed by atoms with Gasteiger partial charge >= 0.3 is 5.97 Å². The molecule has 5 N–H and O–H groups in total. The van der Waals surface area contributed by atoms with E-state index in [0.29, 0.717) is 44.9 Å². The van der Waals surface area contributed by atoms with Gasteiger partial charge < -0.3 is 44.5 Å².